The Balaban J connectivity index is 1.50. The van der Waals surface area contributed by atoms with Gasteiger partial charge in [0.1, 0.15) is 16.7 Å². The lowest BCUT2D eigenvalue weighted by Crippen LogP contribution is -2.62. The van der Waals surface area contributed by atoms with Gasteiger partial charge in [0.25, 0.3) is 5.91 Å². The maximum Gasteiger partial charge on any atom is 0.251 e. The number of amides is 2. The first-order valence-electron chi connectivity index (χ1n) is 13.4. The number of ether oxygens (including phenoxy) is 1. The standard InChI is InChI=1S/C31H28ClN3O4/c1-17(2)39-19-14-12-18(13-15-19)27(36)25-24-11-6-16-35(24)31(21-8-5-9-22(32)26(21)34-29(31)38)30(25)20-7-3-4-10-23(20)33-28(30)37/h3-5,7-10,12-15,17,24-25H,6,11,16H2,1-2H3,(H,33,37)(H,34,38). The van der Waals surface area contributed by atoms with Crippen molar-refractivity contribution >= 4 is 40.6 Å². The summed E-state index contributed by atoms with van der Waals surface area (Å²) in [5.41, 5.74) is 0.0336. The molecule has 4 aliphatic heterocycles. The van der Waals surface area contributed by atoms with Crippen LogP contribution in [0.25, 0.3) is 0 Å². The fourth-order valence-corrected chi connectivity index (χ4v) is 7.94. The van der Waals surface area contributed by atoms with E-state index in [1.165, 1.54) is 0 Å². The lowest BCUT2D eigenvalue weighted by Gasteiger charge is -2.43. The van der Waals surface area contributed by atoms with Gasteiger partial charge in [-0.15, -0.1) is 0 Å². The van der Waals surface area contributed by atoms with Gasteiger partial charge in [0.05, 0.1) is 22.7 Å². The highest BCUT2D eigenvalue weighted by atomic mass is 35.5. The molecule has 198 valence electrons. The molecular formula is C31H28ClN3O4. The summed E-state index contributed by atoms with van der Waals surface area (Å²) in [7, 11) is 0. The first kappa shape index (κ1) is 24.4. The lowest BCUT2D eigenvalue weighted by molar-refractivity contribution is -0.137. The van der Waals surface area contributed by atoms with Gasteiger partial charge in [-0.3, -0.25) is 19.3 Å². The number of benzene rings is 3. The number of Topliss-reactive ketones (excluding diaryl/α,β-unsaturated/α-hetero) is 1. The van der Waals surface area contributed by atoms with Crippen LogP contribution in [-0.4, -0.2) is 41.2 Å². The van der Waals surface area contributed by atoms with Crippen molar-refractivity contribution in [3.63, 3.8) is 0 Å². The molecule has 2 fully saturated rings. The van der Waals surface area contributed by atoms with Gasteiger partial charge in [-0.25, -0.2) is 0 Å². The Morgan fingerprint density at radius 3 is 2.49 bits per heavy atom. The van der Waals surface area contributed by atoms with E-state index in [0.29, 0.717) is 51.8 Å². The number of carbonyl (C=O) groups excluding carboxylic acids is 3. The van der Waals surface area contributed by atoms with Gasteiger partial charge >= 0.3 is 0 Å². The summed E-state index contributed by atoms with van der Waals surface area (Å²) >= 11 is 6.60. The minimum absolute atomic E-state index is 0.00279. The number of nitrogens with one attached hydrogen (secondary N) is 2. The molecule has 0 saturated carbocycles. The summed E-state index contributed by atoms with van der Waals surface area (Å²) in [4.78, 5) is 45.7. The molecule has 39 heavy (non-hydrogen) atoms. The van der Waals surface area contributed by atoms with Gasteiger partial charge in [0, 0.05) is 22.9 Å². The third kappa shape index (κ3) is 2.95. The van der Waals surface area contributed by atoms with E-state index in [2.05, 4.69) is 15.5 Å². The maximum atomic E-state index is 14.7. The number of hydrogen-bond donors (Lipinski definition) is 2. The predicted octanol–water partition coefficient (Wildman–Crippen LogP) is 5.14. The summed E-state index contributed by atoms with van der Waals surface area (Å²) in [6.45, 7) is 4.48. The number of hydrogen-bond acceptors (Lipinski definition) is 5. The van der Waals surface area contributed by atoms with Crippen LogP contribution in [0.2, 0.25) is 5.02 Å². The molecule has 7 nitrogen and oxygen atoms in total. The monoisotopic (exact) mass is 541 g/mol. The summed E-state index contributed by atoms with van der Waals surface area (Å²) < 4.78 is 5.79. The summed E-state index contributed by atoms with van der Waals surface area (Å²) in [5.74, 6) is -0.935. The minimum atomic E-state index is -1.49. The number of halogens is 1. The van der Waals surface area contributed by atoms with Crippen molar-refractivity contribution in [2.75, 3.05) is 17.2 Å². The average molecular weight is 542 g/mol. The zero-order valence-corrected chi connectivity index (χ0v) is 22.4. The van der Waals surface area contributed by atoms with Gasteiger partial charge in [0.2, 0.25) is 5.91 Å². The molecule has 4 unspecified atom stereocenters. The predicted molar refractivity (Wildman–Crippen MR) is 148 cm³/mol. The Morgan fingerprint density at radius 2 is 1.72 bits per heavy atom. The van der Waals surface area contributed by atoms with E-state index < -0.39 is 16.9 Å². The highest BCUT2D eigenvalue weighted by molar-refractivity contribution is 6.35. The van der Waals surface area contributed by atoms with E-state index in [1.807, 2.05) is 50.2 Å². The largest absolute Gasteiger partial charge is 0.491 e. The molecule has 4 aliphatic rings. The number of ketones is 1. The molecule has 0 bridgehead atoms. The van der Waals surface area contributed by atoms with Crippen LogP contribution in [0, 0.1) is 5.92 Å². The maximum absolute atomic E-state index is 14.7. The third-order valence-electron chi connectivity index (χ3n) is 8.87. The quantitative estimate of drug-likeness (QED) is 0.446. The normalized spacial score (nSPS) is 28.5. The molecule has 7 rings (SSSR count). The van der Waals surface area contributed by atoms with Crippen LogP contribution in [0.15, 0.2) is 66.7 Å². The molecular weight excluding hydrogens is 514 g/mol. The number of carbonyl (C=O) groups is 3. The van der Waals surface area contributed by atoms with Gasteiger partial charge in [-0.2, -0.15) is 0 Å². The fraction of sp³-hybridized carbons (Fsp3) is 0.323. The first-order chi connectivity index (χ1) is 18.8. The van der Waals surface area contributed by atoms with Crippen LogP contribution < -0.4 is 15.4 Å². The zero-order chi connectivity index (χ0) is 27.1. The molecule has 4 heterocycles. The van der Waals surface area contributed by atoms with E-state index in [4.69, 9.17) is 16.3 Å². The highest BCUT2D eigenvalue weighted by Crippen LogP contribution is 2.68. The molecule has 3 aromatic rings. The van der Waals surface area contributed by atoms with Gasteiger partial charge in [-0.05, 0) is 75.2 Å². The van der Waals surface area contributed by atoms with E-state index in [1.54, 1.807) is 30.3 Å². The van der Waals surface area contributed by atoms with Crippen LogP contribution in [-0.2, 0) is 20.5 Å². The fourth-order valence-electron chi connectivity index (χ4n) is 7.72. The van der Waals surface area contributed by atoms with Crippen LogP contribution >= 0.6 is 11.6 Å². The molecule has 2 saturated heterocycles. The van der Waals surface area contributed by atoms with Crippen molar-refractivity contribution in [1.29, 1.82) is 0 Å². The Hall–Kier alpha value is -3.68. The molecule has 3 aromatic carbocycles. The highest BCUT2D eigenvalue weighted by Gasteiger charge is 2.81. The van der Waals surface area contributed by atoms with Crippen LogP contribution in [0.5, 0.6) is 5.75 Å². The molecule has 8 heteroatoms. The van der Waals surface area contributed by atoms with Crippen LogP contribution in [0.3, 0.4) is 0 Å². The van der Waals surface area contributed by atoms with Gasteiger partial charge < -0.3 is 15.4 Å². The molecule has 0 radical (unpaired) electrons. The molecule has 2 spiro atoms. The summed E-state index contributed by atoms with van der Waals surface area (Å²) in [5, 5.41) is 6.48. The van der Waals surface area contributed by atoms with Crippen molar-refractivity contribution in [3.8, 4) is 5.75 Å². The van der Waals surface area contributed by atoms with E-state index >= 15 is 0 Å². The Labute approximate surface area is 231 Å². The minimum Gasteiger partial charge on any atom is -0.491 e. The Kier molecular flexibility index (Phi) is 5.25. The number of para-hydroxylation sites is 2. The molecule has 0 aliphatic carbocycles. The Bertz CT molecular complexity index is 1550. The lowest BCUT2D eigenvalue weighted by atomic mass is 9.57. The second-order valence-corrected chi connectivity index (χ2v) is 11.5. The van der Waals surface area contributed by atoms with Crippen molar-refractivity contribution < 1.29 is 19.1 Å². The SMILES string of the molecule is CC(C)Oc1ccc(C(=O)C2C3CCCN3C3(C(=O)Nc4c(Cl)cccc43)C23C(=O)Nc2ccccc23)cc1. The van der Waals surface area contributed by atoms with Gasteiger partial charge in [-0.1, -0.05) is 41.9 Å². The zero-order valence-electron chi connectivity index (χ0n) is 21.7. The van der Waals surface area contributed by atoms with Crippen molar-refractivity contribution in [2.45, 2.75) is 49.8 Å². The van der Waals surface area contributed by atoms with E-state index in [-0.39, 0.29) is 29.7 Å². The van der Waals surface area contributed by atoms with E-state index in [9.17, 15) is 14.4 Å². The molecule has 2 amide bonds. The van der Waals surface area contributed by atoms with Crippen LogP contribution in [0.4, 0.5) is 11.4 Å². The van der Waals surface area contributed by atoms with Gasteiger partial charge in [0.15, 0.2) is 5.78 Å². The first-order valence-corrected chi connectivity index (χ1v) is 13.8. The Morgan fingerprint density at radius 1 is 0.974 bits per heavy atom. The number of fused-ring (bicyclic) bond motifs is 7. The number of rotatable bonds is 4. The molecule has 0 aromatic heterocycles. The third-order valence-corrected chi connectivity index (χ3v) is 9.19. The topological polar surface area (TPSA) is 87.7 Å². The second kappa shape index (κ2) is 8.41. The van der Waals surface area contributed by atoms with Crippen molar-refractivity contribution in [3.05, 3.63) is 88.4 Å². The van der Waals surface area contributed by atoms with E-state index in [0.717, 1.165) is 6.42 Å². The number of anilines is 2. The van der Waals surface area contributed by atoms with Crippen LogP contribution in [0.1, 0.15) is 48.2 Å². The van der Waals surface area contributed by atoms with Crippen molar-refractivity contribution in [2.24, 2.45) is 5.92 Å². The summed E-state index contributed by atoms with van der Waals surface area (Å²) in [6, 6.07) is 19.6. The average Bonchev–Trinajstić information content (AvgIpc) is 3.63. The second-order valence-electron chi connectivity index (χ2n) is 11.1. The smallest absolute Gasteiger partial charge is 0.251 e. The number of nitrogens with zero attached hydrogens (tertiary/aromatic N) is 1. The molecule has 4 atom stereocenters. The molecule has 2 N–H and O–H groups in total. The summed E-state index contributed by atoms with van der Waals surface area (Å²) in [6.07, 6.45) is 1.52. The van der Waals surface area contributed by atoms with Crippen molar-refractivity contribution in [1.82, 2.24) is 4.90 Å².